The number of methoxy groups -OCH3 is 1. The average Bonchev–Trinajstić information content (AvgIpc) is 2.31. The van der Waals surface area contributed by atoms with E-state index in [-0.39, 0.29) is 11.5 Å². The smallest absolute Gasteiger partial charge is 0.158 e. The van der Waals surface area contributed by atoms with Gasteiger partial charge >= 0.3 is 0 Å². The summed E-state index contributed by atoms with van der Waals surface area (Å²) in [5.74, 6) is 0.798. The molecule has 0 aliphatic carbocycles. The van der Waals surface area contributed by atoms with Gasteiger partial charge in [0, 0.05) is 18.5 Å². The molecule has 0 saturated heterocycles. The molecule has 0 amide bonds. The Morgan fingerprint density at radius 3 is 2.10 bits per heavy atom. The quantitative estimate of drug-likeness (QED) is 0.813. The van der Waals surface area contributed by atoms with Crippen molar-refractivity contribution in [3.8, 4) is 0 Å². The van der Waals surface area contributed by atoms with Crippen molar-refractivity contribution in [3.63, 3.8) is 0 Å². The maximum Gasteiger partial charge on any atom is 0.158 e. The molecule has 1 rings (SSSR count). The van der Waals surface area contributed by atoms with Crippen LogP contribution in [-0.2, 0) is 11.2 Å². The van der Waals surface area contributed by atoms with Crippen LogP contribution in [0.3, 0.4) is 0 Å². The first-order valence-electron chi connectivity index (χ1n) is 7.32. The van der Waals surface area contributed by atoms with Crippen LogP contribution in [-0.4, -0.2) is 30.7 Å². The second-order valence-corrected chi connectivity index (χ2v) is 6.42. The van der Waals surface area contributed by atoms with Gasteiger partial charge in [0.25, 0.3) is 0 Å². The highest BCUT2D eigenvalue weighted by Gasteiger charge is 2.29. The molecule has 1 heterocycles. The summed E-state index contributed by atoms with van der Waals surface area (Å²) in [7, 11) is 3.70. The van der Waals surface area contributed by atoms with Gasteiger partial charge < -0.3 is 10.1 Å². The second-order valence-electron chi connectivity index (χ2n) is 6.42. The number of aromatic nitrogens is 2. The highest BCUT2D eigenvalue weighted by atomic mass is 16.5. The molecule has 4 heteroatoms. The van der Waals surface area contributed by atoms with Gasteiger partial charge in [-0.25, -0.2) is 9.97 Å². The van der Waals surface area contributed by atoms with Crippen molar-refractivity contribution in [2.75, 3.05) is 20.7 Å². The Morgan fingerprint density at radius 2 is 1.70 bits per heavy atom. The summed E-state index contributed by atoms with van der Waals surface area (Å²) in [6.45, 7) is 11.6. The highest BCUT2D eigenvalue weighted by molar-refractivity contribution is 5.25. The minimum Gasteiger partial charge on any atom is -0.373 e. The standard InChI is InChI=1S/C16H29N3O/c1-11-13(9-8-10-17-6)12(2)19-15(18-11)14(20-7)16(3,4)5/h14,17H,8-10H2,1-7H3. The second kappa shape index (κ2) is 7.14. The van der Waals surface area contributed by atoms with Gasteiger partial charge in [-0.2, -0.15) is 0 Å². The molecule has 0 fully saturated rings. The van der Waals surface area contributed by atoms with Gasteiger partial charge in [0.2, 0.25) is 0 Å². The normalized spacial score (nSPS) is 13.6. The number of nitrogens with zero attached hydrogens (tertiary/aromatic N) is 2. The molecule has 1 atom stereocenters. The molecule has 0 spiro atoms. The topological polar surface area (TPSA) is 47.0 Å². The van der Waals surface area contributed by atoms with E-state index in [1.807, 2.05) is 7.05 Å². The van der Waals surface area contributed by atoms with Gasteiger partial charge in [0.15, 0.2) is 5.82 Å². The molecule has 1 unspecified atom stereocenters. The fourth-order valence-electron chi connectivity index (χ4n) is 2.53. The average molecular weight is 279 g/mol. The van der Waals surface area contributed by atoms with E-state index in [1.165, 1.54) is 5.56 Å². The fraction of sp³-hybridized carbons (Fsp3) is 0.750. The summed E-state index contributed by atoms with van der Waals surface area (Å²) in [4.78, 5) is 9.39. The summed E-state index contributed by atoms with van der Waals surface area (Å²) in [6.07, 6.45) is 2.05. The zero-order chi connectivity index (χ0) is 15.3. The number of ether oxygens (including phenoxy) is 1. The number of hydrogen-bond donors (Lipinski definition) is 1. The van der Waals surface area contributed by atoms with Crippen molar-refractivity contribution in [3.05, 3.63) is 22.8 Å². The van der Waals surface area contributed by atoms with Crippen LogP contribution >= 0.6 is 0 Å². The maximum absolute atomic E-state index is 5.61. The SMILES string of the molecule is CNCCCc1c(C)nc(C(OC)C(C)(C)C)nc1C. The third-order valence-electron chi connectivity index (χ3n) is 3.55. The van der Waals surface area contributed by atoms with Gasteiger partial charge in [-0.05, 0) is 51.3 Å². The van der Waals surface area contributed by atoms with E-state index < -0.39 is 0 Å². The van der Waals surface area contributed by atoms with E-state index in [4.69, 9.17) is 14.7 Å². The largest absolute Gasteiger partial charge is 0.373 e. The van der Waals surface area contributed by atoms with Crippen LogP contribution in [0.1, 0.15) is 56.1 Å². The molecule has 0 saturated carbocycles. The van der Waals surface area contributed by atoms with Gasteiger partial charge in [-0.15, -0.1) is 0 Å². The van der Waals surface area contributed by atoms with Crippen molar-refractivity contribution >= 4 is 0 Å². The number of nitrogens with one attached hydrogen (secondary N) is 1. The van der Waals surface area contributed by atoms with E-state index in [1.54, 1.807) is 7.11 Å². The van der Waals surface area contributed by atoms with E-state index in [0.717, 1.165) is 36.6 Å². The molecular weight excluding hydrogens is 250 g/mol. The van der Waals surface area contributed by atoms with Gasteiger partial charge in [-0.1, -0.05) is 20.8 Å². The van der Waals surface area contributed by atoms with Crippen molar-refractivity contribution in [1.29, 1.82) is 0 Å². The Labute approximate surface area is 123 Å². The lowest BCUT2D eigenvalue weighted by Gasteiger charge is -2.28. The van der Waals surface area contributed by atoms with Crippen LogP contribution in [0.15, 0.2) is 0 Å². The molecule has 20 heavy (non-hydrogen) atoms. The summed E-state index contributed by atoms with van der Waals surface area (Å²) in [5, 5.41) is 3.17. The Hall–Kier alpha value is -1.00. The van der Waals surface area contributed by atoms with E-state index in [2.05, 4.69) is 39.9 Å². The van der Waals surface area contributed by atoms with Crippen LogP contribution in [0.5, 0.6) is 0 Å². The third-order valence-corrected chi connectivity index (χ3v) is 3.55. The first kappa shape index (κ1) is 17.1. The molecule has 1 N–H and O–H groups in total. The molecule has 0 aromatic carbocycles. The van der Waals surface area contributed by atoms with E-state index in [0.29, 0.717) is 0 Å². The summed E-state index contributed by atoms with van der Waals surface area (Å²) in [6, 6.07) is 0. The molecule has 1 aromatic heterocycles. The molecule has 4 nitrogen and oxygen atoms in total. The molecular formula is C16H29N3O. The number of hydrogen-bond acceptors (Lipinski definition) is 4. The molecule has 0 bridgehead atoms. The maximum atomic E-state index is 5.61. The van der Waals surface area contributed by atoms with Crippen LogP contribution in [0.4, 0.5) is 0 Å². The van der Waals surface area contributed by atoms with Gasteiger partial charge in [0.05, 0.1) is 0 Å². The van der Waals surface area contributed by atoms with Crippen molar-refractivity contribution in [1.82, 2.24) is 15.3 Å². The summed E-state index contributed by atoms with van der Waals surface area (Å²) >= 11 is 0. The Bertz CT molecular complexity index is 415. The molecule has 0 aliphatic heterocycles. The van der Waals surface area contributed by atoms with E-state index >= 15 is 0 Å². The Balaban J connectivity index is 3.03. The number of rotatable bonds is 6. The van der Waals surface area contributed by atoms with Crippen LogP contribution in [0.25, 0.3) is 0 Å². The summed E-state index contributed by atoms with van der Waals surface area (Å²) < 4.78 is 5.61. The third kappa shape index (κ3) is 4.25. The monoisotopic (exact) mass is 279 g/mol. The van der Waals surface area contributed by atoms with Crippen molar-refractivity contribution < 1.29 is 4.74 Å². The molecule has 1 aromatic rings. The van der Waals surface area contributed by atoms with Gasteiger partial charge in [-0.3, -0.25) is 0 Å². The Kier molecular flexibility index (Phi) is 6.08. The molecule has 114 valence electrons. The zero-order valence-electron chi connectivity index (χ0n) is 14.0. The van der Waals surface area contributed by atoms with Crippen LogP contribution in [0.2, 0.25) is 0 Å². The molecule has 0 radical (unpaired) electrons. The minimum absolute atomic E-state index is 0.0126. The van der Waals surface area contributed by atoms with Crippen molar-refractivity contribution in [2.45, 2.75) is 53.6 Å². The first-order valence-corrected chi connectivity index (χ1v) is 7.32. The molecule has 0 aliphatic rings. The minimum atomic E-state index is -0.0775. The summed E-state index contributed by atoms with van der Waals surface area (Å²) in [5.41, 5.74) is 3.42. The first-order chi connectivity index (χ1) is 9.31. The fourth-order valence-corrected chi connectivity index (χ4v) is 2.53. The lowest BCUT2D eigenvalue weighted by Crippen LogP contribution is -2.23. The Morgan fingerprint density at radius 1 is 1.15 bits per heavy atom. The van der Waals surface area contributed by atoms with Crippen molar-refractivity contribution in [2.24, 2.45) is 5.41 Å². The lowest BCUT2D eigenvalue weighted by atomic mass is 9.88. The van der Waals surface area contributed by atoms with Crippen LogP contribution < -0.4 is 5.32 Å². The van der Waals surface area contributed by atoms with E-state index in [9.17, 15) is 0 Å². The van der Waals surface area contributed by atoms with Crippen LogP contribution in [0, 0.1) is 19.3 Å². The highest BCUT2D eigenvalue weighted by Crippen LogP contribution is 2.34. The lowest BCUT2D eigenvalue weighted by molar-refractivity contribution is 0.00839. The predicted molar refractivity (Wildman–Crippen MR) is 83.0 cm³/mol. The predicted octanol–water partition coefficient (Wildman–Crippen LogP) is 2.98. The number of aryl methyl sites for hydroxylation is 2. The van der Waals surface area contributed by atoms with Gasteiger partial charge in [0.1, 0.15) is 6.10 Å². The zero-order valence-corrected chi connectivity index (χ0v) is 14.0.